The number of benzene rings is 2. The van der Waals surface area contributed by atoms with Crippen molar-refractivity contribution in [2.24, 2.45) is 58.8 Å². The first-order valence-corrected chi connectivity index (χ1v) is 42.1. The van der Waals surface area contributed by atoms with E-state index in [9.17, 15) is 82.1 Å². The Labute approximate surface area is 699 Å². The van der Waals surface area contributed by atoms with Crippen molar-refractivity contribution >= 4 is 106 Å². The molecule has 1 aliphatic rings. The zero-order valence-electron chi connectivity index (χ0n) is 71.7. The number of likely N-dealkylation sites (tertiary alicyclic amines) is 1. The van der Waals surface area contributed by atoms with Gasteiger partial charge in [-0.1, -0.05) is 125 Å². The summed E-state index contributed by atoms with van der Waals surface area (Å²) in [7, 11) is 6.18. The molecule has 6 unspecified atom stereocenters. The van der Waals surface area contributed by atoms with Crippen LogP contribution in [0.3, 0.4) is 0 Å². The molecule has 0 radical (unpaired) electrons. The second kappa shape index (κ2) is 54.3. The van der Waals surface area contributed by atoms with Crippen LogP contribution >= 0.6 is 11.8 Å². The molecule has 662 valence electrons. The van der Waals surface area contributed by atoms with E-state index in [-0.39, 0.29) is 162 Å². The summed E-state index contributed by atoms with van der Waals surface area (Å²) < 4.78 is 23.2. The molecule has 0 aliphatic carbocycles. The molecule has 0 bridgehead atoms. The Kier molecular flexibility index (Phi) is 47.5. The van der Waals surface area contributed by atoms with Crippen LogP contribution in [0.5, 0.6) is 0 Å². The third-order valence-corrected chi connectivity index (χ3v) is 22.7. The molecule has 0 saturated carbocycles. The number of Topliss-reactive ketones (excluding diaryl/α,β-unsaturated/α-hetero) is 4. The number of nitrogens with zero attached hydrogens (tertiary/aromatic N) is 3. The van der Waals surface area contributed by atoms with Crippen LogP contribution in [0.4, 0.5) is 15.3 Å². The number of primary amides is 1. The summed E-state index contributed by atoms with van der Waals surface area (Å²) in [4.78, 5) is 203. The number of methoxy groups -OCH3 is 2. The van der Waals surface area contributed by atoms with Gasteiger partial charge in [0, 0.05) is 122 Å². The molecule has 11 amide bonds. The van der Waals surface area contributed by atoms with Gasteiger partial charge in [-0.3, -0.25) is 62.3 Å². The number of likely N-dealkylation sites (N-methyl/N-ethyl adjacent to an activating group) is 2. The average Bonchev–Trinajstić information content (AvgIpc) is 1.79. The van der Waals surface area contributed by atoms with Crippen LogP contribution in [0.25, 0.3) is 0 Å². The lowest BCUT2D eigenvalue weighted by Gasteiger charge is -2.41. The zero-order valence-corrected chi connectivity index (χ0v) is 72.6. The predicted molar refractivity (Wildman–Crippen MR) is 446 cm³/mol. The minimum absolute atomic E-state index is 0.0111. The fourth-order valence-corrected chi connectivity index (χ4v) is 15.5. The highest BCUT2D eigenvalue weighted by atomic mass is 32.2. The van der Waals surface area contributed by atoms with Crippen LogP contribution in [0, 0.1) is 47.3 Å². The summed E-state index contributed by atoms with van der Waals surface area (Å²) in [6.07, 6.45) is -0.570. The van der Waals surface area contributed by atoms with Crippen LogP contribution in [0.2, 0.25) is 0 Å². The molecule has 118 heavy (non-hydrogen) atoms. The molecule has 33 nitrogen and oxygen atoms in total. The topological polar surface area (TPSA) is 479 Å². The first-order chi connectivity index (χ1) is 55.8. The van der Waals surface area contributed by atoms with Crippen LogP contribution in [-0.2, 0) is 87.9 Å². The number of carboxylic acid groups (broad SMARTS) is 1. The number of carbonyl (C=O) groups is 15. The minimum atomic E-state index is -1.35. The number of urea groups is 1. The molecule has 1 fully saturated rings. The van der Waals surface area contributed by atoms with E-state index in [1.165, 1.54) is 26.0 Å². The van der Waals surface area contributed by atoms with Gasteiger partial charge in [-0.15, -0.1) is 11.8 Å². The Bertz CT molecular complexity index is 3570. The molecule has 34 heteroatoms. The van der Waals surface area contributed by atoms with Crippen molar-refractivity contribution in [1.82, 2.24) is 46.6 Å². The normalized spacial score (nSPS) is 16.0. The Morgan fingerprint density at radius 3 is 1.90 bits per heavy atom. The quantitative estimate of drug-likeness (QED) is 0.0349. The van der Waals surface area contributed by atoms with Gasteiger partial charge in [-0.05, 0) is 98.3 Å². The largest absolute Gasteiger partial charge is 0.480 e. The number of carboxylic acids is 1. The maximum absolute atomic E-state index is 14.9. The van der Waals surface area contributed by atoms with Crippen molar-refractivity contribution in [2.75, 3.05) is 91.9 Å². The van der Waals surface area contributed by atoms with E-state index in [2.05, 4.69) is 37.2 Å². The maximum Gasteiger partial charge on any atom is 0.410 e. The predicted octanol–water partition coefficient (Wildman–Crippen LogP) is 5.79. The summed E-state index contributed by atoms with van der Waals surface area (Å²) in [5.41, 5.74) is 12.1. The zero-order chi connectivity index (χ0) is 88.5. The lowest BCUT2D eigenvalue weighted by molar-refractivity contribution is -0.149. The van der Waals surface area contributed by atoms with Crippen LogP contribution in [-0.4, -0.2) is 248 Å². The number of ketones is 4. The van der Waals surface area contributed by atoms with Crippen molar-refractivity contribution in [1.29, 1.82) is 0 Å². The molecule has 3 rings (SSSR count). The lowest BCUT2D eigenvalue weighted by atomic mass is 9.83. The van der Waals surface area contributed by atoms with E-state index in [4.69, 9.17) is 30.4 Å². The van der Waals surface area contributed by atoms with E-state index in [1.807, 2.05) is 65.0 Å². The number of amides is 11. The second-order valence-corrected chi connectivity index (χ2v) is 33.0. The van der Waals surface area contributed by atoms with Crippen molar-refractivity contribution in [3.05, 3.63) is 65.7 Å². The molecule has 13 N–H and O–H groups in total. The van der Waals surface area contributed by atoms with Crippen LogP contribution in [0.1, 0.15) is 190 Å². The lowest BCUT2D eigenvalue weighted by Crippen LogP contribution is -2.54. The summed E-state index contributed by atoms with van der Waals surface area (Å²) >= 11 is 0.744. The fourth-order valence-electron chi connectivity index (χ4n) is 14.5. The standard InChI is InChI=1S/C84H134N12O21S/c1-16-53(8)76(67(114-14)44-73(105)96-38-24-28-63(96)78(115-15)56(11)64(98)41-54(9)77(106)58-25-19-17-20-26-58)94(12)81(109)61(50(2)3)43-66(100)75(52(6)7)95(13)84(113)117-48-57-30-32-60(33-31-57)91-79(107)59(27-23-36-89-83(86)112)42-65(99)74(51(4)5)93-69(101)29-21-18-22-35-87-71(103)45-68(82(110)111)118-49-62(80(108)90-47-55(10)97)92-70(102)34-39-116-40-37-88-72(104)46-85/h17,19-20,25-26,30-33,50-54,56,59,61-63,67-68,74-78,106H,16,18,21-24,27-29,34-49,85H2,1-15H3,(H,87,103)(H,88,104)(H,90,108)(H,91,107)(H,92,102)(H,93,101)(H,110,111)(H3,86,89,112)/t53-,54-,56-,59?,61?,62?,63-,67+,68?,74-,75+,76?,77+,78?/m0/s1. The highest BCUT2D eigenvalue weighted by Gasteiger charge is 2.44. The van der Waals surface area contributed by atoms with Gasteiger partial charge in [0.1, 0.15) is 29.5 Å². The average molecular weight is 1680 g/mol. The van der Waals surface area contributed by atoms with Gasteiger partial charge in [0.2, 0.25) is 47.3 Å². The maximum atomic E-state index is 14.9. The summed E-state index contributed by atoms with van der Waals surface area (Å²) in [6.45, 7) is 19.8. The van der Waals surface area contributed by atoms with E-state index >= 15 is 0 Å². The highest BCUT2D eigenvalue weighted by molar-refractivity contribution is 8.00. The molecule has 1 heterocycles. The molecule has 2 aromatic carbocycles. The Morgan fingerprint density at radius 1 is 0.653 bits per heavy atom. The van der Waals surface area contributed by atoms with Crippen molar-refractivity contribution in [3.63, 3.8) is 0 Å². The van der Waals surface area contributed by atoms with E-state index in [1.54, 1.807) is 82.8 Å². The molecule has 1 saturated heterocycles. The molecule has 1 aliphatic heterocycles. The molecule has 0 spiro atoms. The van der Waals surface area contributed by atoms with Gasteiger partial charge in [-0.25, -0.2) is 9.59 Å². The minimum Gasteiger partial charge on any atom is -0.480 e. The number of nitrogens with two attached hydrogens (primary N) is 2. The number of aliphatic carboxylic acids is 1. The van der Waals surface area contributed by atoms with Gasteiger partial charge in [0.15, 0.2) is 11.6 Å². The number of nitrogens with one attached hydrogen (secondary N) is 7. The van der Waals surface area contributed by atoms with Gasteiger partial charge in [0.05, 0.1) is 75.2 Å². The summed E-state index contributed by atoms with van der Waals surface area (Å²) in [5, 5.41) is 37.9. The van der Waals surface area contributed by atoms with Crippen LogP contribution < -0.4 is 48.7 Å². The first kappa shape index (κ1) is 103. The van der Waals surface area contributed by atoms with E-state index in [0.717, 1.165) is 17.3 Å². The van der Waals surface area contributed by atoms with Crippen LogP contribution in [0.15, 0.2) is 54.6 Å². The third kappa shape index (κ3) is 35.9. The number of anilines is 1. The summed E-state index contributed by atoms with van der Waals surface area (Å²) in [6, 6.07) is 10.6. The van der Waals surface area contributed by atoms with Gasteiger partial charge >= 0.3 is 18.1 Å². The number of rotatable bonds is 58. The number of hydrogen-bond acceptors (Lipinski definition) is 22. The third-order valence-electron chi connectivity index (χ3n) is 21.4. The molecular formula is C84H134N12O21S. The SMILES string of the molecule is CC[C@H](C)C([C@@H](CC(=O)N1CCC[C@H]1C(OC)[C@@H](C)C(=O)C[C@H](C)[C@@H](O)c1ccccc1)OC)N(C)C(=O)C(CC(=O)[C@@H](C(C)C)N(C)C(=O)OCc1ccc(NC(=O)C(CCCNC(N)=O)CC(=O)[C@@H](NC(=O)CCCCCNC(=O)CC(SCC(NC(=O)CCOCCNC(=O)CN)C(=O)NCC(C)=O)C(=O)O)C(C)C)cc1)C(C)C. The van der Waals surface area contributed by atoms with E-state index < -0.39 is 143 Å². The molecule has 2 aromatic rings. The van der Waals surface area contributed by atoms with Gasteiger partial charge < -0.3 is 92.5 Å². The first-order valence-electron chi connectivity index (χ1n) is 41.1. The second-order valence-electron chi connectivity index (χ2n) is 31.7. The summed E-state index contributed by atoms with van der Waals surface area (Å²) in [5.74, 6) is -10.7. The smallest absolute Gasteiger partial charge is 0.410 e. The van der Waals surface area contributed by atoms with E-state index in [0.29, 0.717) is 56.3 Å². The number of unbranched alkanes of at least 4 members (excludes halogenated alkanes) is 2. The van der Waals surface area contributed by atoms with Gasteiger partial charge in [0.25, 0.3) is 0 Å². The number of aliphatic hydroxyl groups is 1. The fraction of sp³-hybridized carbons (Fsp3) is 0.679. The van der Waals surface area contributed by atoms with Gasteiger partial charge in [-0.2, -0.15) is 0 Å². The molecular weight excluding hydrogens is 1550 g/mol. The number of thioether (sulfide) groups is 1. The molecule has 0 aromatic heterocycles. The van der Waals surface area contributed by atoms with Crippen molar-refractivity contribution in [2.45, 2.75) is 233 Å². The van der Waals surface area contributed by atoms with Crippen molar-refractivity contribution in [3.8, 4) is 0 Å². The monoisotopic (exact) mass is 1680 g/mol. The number of aliphatic hydroxyl groups excluding tert-OH is 1. The Morgan fingerprint density at radius 2 is 1.31 bits per heavy atom. The van der Waals surface area contributed by atoms with Crippen molar-refractivity contribution < 1.29 is 101 Å². The number of carbonyl (C=O) groups excluding carboxylic acids is 14. The number of ether oxygens (including phenoxy) is 4. The Hall–Kier alpha value is -8.96. The highest BCUT2D eigenvalue weighted by Crippen LogP contribution is 2.34. The Balaban J connectivity index is 1.61. The number of hydrogen-bond donors (Lipinski definition) is 11. The molecule has 14 atom stereocenters.